The summed E-state index contributed by atoms with van der Waals surface area (Å²) in [5, 5.41) is 14.1. The maximum absolute atomic E-state index is 13.0. The maximum atomic E-state index is 13.0. The standard InChI is InChI=1S/C15H17FN2O4/c16-10-3-1-9(2-4-10)11(6-8-14(20)21)18-15(22)12-5-7-13(19)17-12/h1-4,11-12H,5-8H2,(H,17,19)(H,18,22)(H,20,21). The normalized spacial score (nSPS) is 18.6. The largest absolute Gasteiger partial charge is 0.481 e. The van der Waals surface area contributed by atoms with E-state index in [2.05, 4.69) is 10.6 Å². The number of carbonyl (C=O) groups excluding carboxylic acids is 2. The predicted molar refractivity (Wildman–Crippen MR) is 75.3 cm³/mol. The molecule has 1 aromatic carbocycles. The van der Waals surface area contributed by atoms with E-state index in [1.54, 1.807) is 0 Å². The summed E-state index contributed by atoms with van der Waals surface area (Å²) < 4.78 is 13.0. The fourth-order valence-corrected chi connectivity index (χ4v) is 2.37. The van der Waals surface area contributed by atoms with Crippen molar-refractivity contribution < 1.29 is 23.9 Å². The van der Waals surface area contributed by atoms with Gasteiger partial charge in [-0.2, -0.15) is 0 Å². The van der Waals surface area contributed by atoms with Crippen LogP contribution in [0.3, 0.4) is 0 Å². The summed E-state index contributed by atoms with van der Waals surface area (Å²) in [6, 6.07) is 4.39. The number of hydrogen-bond acceptors (Lipinski definition) is 3. The number of halogens is 1. The highest BCUT2D eigenvalue weighted by molar-refractivity contribution is 5.91. The third-order valence-corrected chi connectivity index (χ3v) is 3.55. The summed E-state index contributed by atoms with van der Waals surface area (Å²) in [5.41, 5.74) is 0.625. The molecule has 0 aliphatic carbocycles. The molecule has 2 atom stereocenters. The van der Waals surface area contributed by atoms with Crippen LogP contribution in [0.4, 0.5) is 4.39 Å². The number of benzene rings is 1. The quantitative estimate of drug-likeness (QED) is 0.734. The molecule has 2 unspecified atom stereocenters. The summed E-state index contributed by atoms with van der Waals surface area (Å²) in [4.78, 5) is 34.0. The molecule has 118 valence electrons. The molecule has 0 spiro atoms. The highest BCUT2D eigenvalue weighted by Crippen LogP contribution is 2.20. The molecule has 22 heavy (non-hydrogen) atoms. The smallest absolute Gasteiger partial charge is 0.303 e. The second-order valence-corrected chi connectivity index (χ2v) is 5.20. The van der Waals surface area contributed by atoms with Crippen molar-refractivity contribution in [1.29, 1.82) is 0 Å². The van der Waals surface area contributed by atoms with Crippen LogP contribution in [-0.4, -0.2) is 28.9 Å². The molecule has 0 bridgehead atoms. The molecule has 0 radical (unpaired) electrons. The molecule has 6 nitrogen and oxygen atoms in total. The van der Waals surface area contributed by atoms with Crippen molar-refractivity contribution in [3.8, 4) is 0 Å². The monoisotopic (exact) mass is 308 g/mol. The summed E-state index contributed by atoms with van der Waals surface area (Å²) in [6.07, 6.45) is 0.779. The molecular weight excluding hydrogens is 291 g/mol. The zero-order valence-electron chi connectivity index (χ0n) is 11.8. The molecule has 2 amide bonds. The number of carboxylic acid groups (broad SMARTS) is 1. The van der Waals surface area contributed by atoms with E-state index < -0.39 is 23.9 Å². The highest BCUT2D eigenvalue weighted by atomic mass is 19.1. The Labute approximate surface area is 126 Å². The molecular formula is C15H17FN2O4. The molecule has 1 aliphatic heterocycles. The van der Waals surface area contributed by atoms with Gasteiger partial charge in [-0.05, 0) is 30.5 Å². The Morgan fingerprint density at radius 2 is 2.05 bits per heavy atom. The number of amides is 2. The Morgan fingerprint density at radius 1 is 1.36 bits per heavy atom. The zero-order chi connectivity index (χ0) is 16.1. The average molecular weight is 308 g/mol. The third-order valence-electron chi connectivity index (χ3n) is 3.55. The van der Waals surface area contributed by atoms with E-state index >= 15 is 0 Å². The van der Waals surface area contributed by atoms with Crippen LogP contribution in [0.25, 0.3) is 0 Å². The zero-order valence-corrected chi connectivity index (χ0v) is 11.8. The minimum atomic E-state index is -0.976. The van der Waals surface area contributed by atoms with Crippen LogP contribution in [0, 0.1) is 5.82 Å². The van der Waals surface area contributed by atoms with Gasteiger partial charge in [-0.3, -0.25) is 14.4 Å². The molecule has 7 heteroatoms. The lowest BCUT2D eigenvalue weighted by Crippen LogP contribution is -2.43. The van der Waals surface area contributed by atoms with Gasteiger partial charge < -0.3 is 15.7 Å². The number of hydrogen-bond donors (Lipinski definition) is 3. The molecule has 2 rings (SSSR count). The van der Waals surface area contributed by atoms with Gasteiger partial charge in [-0.25, -0.2) is 4.39 Å². The molecule has 1 aliphatic rings. The van der Waals surface area contributed by atoms with Crippen LogP contribution in [0.1, 0.15) is 37.3 Å². The Kier molecular flexibility index (Phi) is 5.08. The second-order valence-electron chi connectivity index (χ2n) is 5.20. The van der Waals surface area contributed by atoms with Crippen molar-refractivity contribution in [2.75, 3.05) is 0 Å². The number of carbonyl (C=O) groups is 3. The molecule has 1 saturated heterocycles. The van der Waals surface area contributed by atoms with E-state index in [0.717, 1.165) is 0 Å². The van der Waals surface area contributed by atoms with Crippen molar-refractivity contribution in [2.45, 2.75) is 37.8 Å². The van der Waals surface area contributed by atoms with Crippen LogP contribution in [0.15, 0.2) is 24.3 Å². The predicted octanol–water partition coefficient (Wildman–Crippen LogP) is 1.13. The SMILES string of the molecule is O=C(O)CCC(NC(=O)C1CCC(=O)N1)c1ccc(F)cc1. The number of aliphatic carboxylic acids is 1. The Bertz CT molecular complexity index is 573. The molecule has 0 saturated carbocycles. The van der Waals surface area contributed by atoms with Crippen LogP contribution in [0.2, 0.25) is 0 Å². The number of carboxylic acids is 1. The third kappa shape index (κ3) is 4.28. The molecule has 0 aromatic heterocycles. The van der Waals surface area contributed by atoms with Gasteiger partial charge in [-0.1, -0.05) is 12.1 Å². The summed E-state index contributed by atoms with van der Waals surface area (Å²) >= 11 is 0. The van der Waals surface area contributed by atoms with Crippen molar-refractivity contribution in [3.05, 3.63) is 35.6 Å². The van der Waals surface area contributed by atoms with Gasteiger partial charge >= 0.3 is 5.97 Å². The minimum Gasteiger partial charge on any atom is -0.481 e. The first kappa shape index (κ1) is 15.9. The maximum Gasteiger partial charge on any atom is 0.303 e. The Morgan fingerprint density at radius 3 is 2.59 bits per heavy atom. The van der Waals surface area contributed by atoms with Crippen molar-refractivity contribution in [3.63, 3.8) is 0 Å². The first-order valence-electron chi connectivity index (χ1n) is 7.02. The molecule has 1 heterocycles. The Balaban J connectivity index is 2.06. The Hall–Kier alpha value is -2.44. The lowest BCUT2D eigenvalue weighted by molar-refractivity contribution is -0.137. The molecule has 3 N–H and O–H groups in total. The van der Waals surface area contributed by atoms with E-state index in [4.69, 9.17) is 5.11 Å². The van der Waals surface area contributed by atoms with Gasteiger partial charge in [0.25, 0.3) is 0 Å². The van der Waals surface area contributed by atoms with Crippen LogP contribution >= 0.6 is 0 Å². The van der Waals surface area contributed by atoms with Gasteiger partial charge in [0.1, 0.15) is 11.9 Å². The number of rotatable bonds is 6. The van der Waals surface area contributed by atoms with E-state index in [1.807, 2.05) is 0 Å². The summed E-state index contributed by atoms with van der Waals surface area (Å²) in [5.74, 6) is -1.92. The lowest BCUT2D eigenvalue weighted by Gasteiger charge is -2.21. The molecule has 1 fully saturated rings. The minimum absolute atomic E-state index is 0.126. The van der Waals surface area contributed by atoms with Gasteiger partial charge in [-0.15, -0.1) is 0 Å². The van der Waals surface area contributed by atoms with Crippen LogP contribution in [-0.2, 0) is 14.4 Å². The van der Waals surface area contributed by atoms with Gasteiger partial charge in [0.15, 0.2) is 0 Å². The lowest BCUT2D eigenvalue weighted by atomic mass is 10.0. The van der Waals surface area contributed by atoms with E-state index in [1.165, 1.54) is 24.3 Å². The summed E-state index contributed by atoms with van der Waals surface area (Å²) in [7, 11) is 0. The second kappa shape index (κ2) is 7.02. The fraction of sp³-hybridized carbons (Fsp3) is 0.400. The van der Waals surface area contributed by atoms with Crippen molar-refractivity contribution in [1.82, 2.24) is 10.6 Å². The van der Waals surface area contributed by atoms with E-state index in [-0.39, 0.29) is 24.7 Å². The fourth-order valence-electron chi connectivity index (χ4n) is 2.37. The van der Waals surface area contributed by atoms with E-state index in [0.29, 0.717) is 18.4 Å². The van der Waals surface area contributed by atoms with Crippen LogP contribution < -0.4 is 10.6 Å². The van der Waals surface area contributed by atoms with Gasteiger partial charge in [0.05, 0.1) is 6.04 Å². The van der Waals surface area contributed by atoms with Gasteiger partial charge in [0.2, 0.25) is 11.8 Å². The molecule has 1 aromatic rings. The highest BCUT2D eigenvalue weighted by Gasteiger charge is 2.29. The van der Waals surface area contributed by atoms with Gasteiger partial charge in [0, 0.05) is 12.8 Å². The average Bonchev–Trinajstić information content (AvgIpc) is 2.91. The van der Waals surface area contributed by atoms with Crippen molar-refractivity contribution >= 4 is 17.8 Å². The van der Waals surface area contributed by atoms with E-state index in [9.17, 15) is 18.8 Å². The summed E-state index contributed by atoms with van der Waals surface area (Å²) in [6.45, 7) is 0. The van der Waals surface area contributed by atoms with Crippen LogP contribution in [0.5, 0.6) is 0 Å². The number of nitrogens with one attached hydrogen (secondary N) is 2. The van der Waals surface area contributed by atoms with Crippen molar-refractivity contribution in [2.24, 2.45) is 0 Å². The topological polar surface area (TPSA) is 95.5 Å². The first-order valence-corrected chi connectivity index (χ1v) is 7.02. The first-order chi connectivity index (χ1) is 10.5.